The van der Waals surface area contributed by atoms with Gasteiger partial charge in [0.25, 0.3) is 12.1 Å². The number of carbonyl (C=O) groups excluding carboxylic acids is 1. The molecule has 0 saturated heterocycles. The fourth-order valence-electron chi connectivity index (χ4n) is 1.92. The molecule has 0 aliphatic heterocycles. The highest BCUT2D eigenvalue weighted by atomic mass is 19.3. The van der Waals surface area contributed by atoms with Crippen molar-refractivity contribution in [1.29, 1.82) is 0 Å². The first-order valence-electron chi connectivity index (χ1n) is 6.19. The number of rotatable bonds is 4. The number of hydrogen-bond donors (Lipinski definition) is 0. The first-order valence-corrected chi connectivity index (χ1v) is 6.19. The Morgan fingerprint density at radius 3 is 2.64 bits per heavy atom. The zero-order valence-electron chi connectivity index (χ0n) is 11.4. The Kier molecular flexibility index (Phi) is 4.40. The molecule has 1 heterocycles. The normalized spacial score (nSPS) is 10.5. The predicted molar refractivity (Wildman–Crippen MR) is 75.1 cm³/mol. The van der Waals surface area contributed by atoms with Gasteiger partial charge in [0, 0.05) is 24.8 Å². The third kappa shape index (κ3) is 3.22. The third-order valence-electron chi connectivity index (χ3n) is 2.86. The highest BCUT2D eigenvalue weighted by molar-refractivity contribution is 5.98. The molecule has 0 unspecified atom stereocenters. The van der Waals surface area contributed by atoms with Crippen LogP contribution in [0.5, 0.6) is 0 Å². The van der Waals surface area contributed by atoms with Crippen molar-refractivity contribution in [2.24, 2.45) is 0 Å². The Morgan fingerprint density at radius 2 is 2.05 bits per heavy atom. The Morgan fingerprint density at radius 1 is 1.32 bits per heavy atom. The van der Waals surface area contributed by atoms with Gasteiger partial charge in [0.15, 0.2) is 0 Å². The highest BCUT2D eigenvalue weighted by Crippen LogP contribution is 2.29. The molecule has 114 valence electrons. The number of pyridine rings is 1. The van der Waals surface area contributed by atoms with Crippen LogP contribution in [0.1, 0.15) is 18.9 Å². The molecule has 1 aromatic carbocycles. The average Bonchev–Trinajstić information content (AvgIpc) is 2.47. The summed E-state index contributed by atoms with van der Waals surface area (Å²) < 4.78 is 25.6. The minimum absolute atomic E-state index is 0.00637. The molecule has 0 fully saturated rings. The molecular formula is C14H11F2N3O3. The molecule has 0 aliphatic carbocycles. The Hall–Kier alpha value is -2.90. The summed E-state index contributed by atoms with van der Waals surface area (Å²) in [5.41, 5.74) is -0.339. The SMILES string of the molecule is CC(=O)N(c1cccc(C(F)F)c1)c1cc([N+](=O)[O-])ccn1. The van der Waals surface area contributed by atoms with E-state index in [1.165, 1.54) is 37.4 Å². The number of benzene rings is 1. The summed E-state index contributed by atoms with van der Waals surface area (Å²) in [4.78, 5) is 27.0. The number of carbonyl (C=O) groups is 1. The Balaban J connectivity index is 2.51. The summed E-state index contributed by atoms with van der Waals surface area (Å²) in [6.45, 7) is 1.22. The molecule has 2 aromatic rings. The van der Waals surface area contributed by atoms with Crippen molar-refractivity contribution < 1.29 is 18.5 Å². The second-order valence-electron chi connectivity index (χ2n) is 4.38. The van der Waals surface area contributed by atoms with Crippen LogP contribution >= 0.6 is 0 Å². The van der Waals surface area contributed by atoms with Crippen LogP contribution in [0.25, 0.3) is 0 Å². The van der Waals surface area contributed by atoms with Gasteiger partial charge in [0.2, 0.25) is 5.91 Å². The van der Waals surface area contributed by atoms with Gasteiger partial charge in [-0.3, -0.25) is 19.8 Å². The Labute approximate surface area is 124 Å². The van der Waals surface area contributed by atoms with Crippen molar-refractivity contribution in [1.82, 2.24) is 4.98 Å². The summed E-state index contributed by atoms with van der Waals surface area (Å²) in [5, 5.41) is 10.8. The van der Waals surface area contributed by atoms with Crippen LogP contribution in [-0.2, 0) is 4.79 Å². The molecule has 0 bridgehead atoms. The van der Waals surface area contributed by atoms with Crippen molar-refractivity contribution in [3.63, 3.8) is 0 Å². The van der Waals surface area contributed by atoms with Crippen LogP contribution < -0.4 is 4.90 Å². The van der Waals surface area contributed by atoms with Gasteiger partial charge in [0.1, 0.15) is 5.82 Å². The van der Waals surface area contributed by atoms with Gasteiger partial charge in [-0.25, -0.2) is 13.8 Å². The van der Waals surface area contributed by atoms with Crippen molar-refractivity contribution in [3.05, 3.63) is 58.3 Å². The maximum atomic E-state index is 12.8. The van der Waals surface area contributed by atoms with Crippen molar-refractivity contribution in [2.45, 2.75) is 13.3 Å². The summed E-state index contributed by atoms with van der Waals surface area (Å²) in [6, 6.07) is 7.49. The summed E-state index contributed by atoms with van der Waals surface area (Å²) in [7, 11) is 0. The van der Waals surface area contributed by atoms with E-state index in [2.05, 4.69) is 4.98 Å². The number of nitro groups is 1. The standard InChI is InChI=1S/C14H11F2N3O3/c1-9(20)18(11-4-2-3-10(7-11)14(15)16)13-8-12(19(21)22)5-6-17-13/h2-8,14H,1H3. The largest absolute Gasteiger partial charge is 0.274 e. The van der Waals surface area contributed by atoms with Gasteiger partial charge in [-0.15, -0.1) is 0 Å². The van der Waals surface area contributed by atoms with Crippen molar-refractivity contribution >= 4 is 23.1 Å². The first-order chi connectivity index (χ1) is 10.4. The van der Waals surface area contributed by atoms with E-state index >= 15 is 0 Å². The number of nitrogens with zero attached hydrogens (tertiary/aromatic N) is 3. The van der Waals surface area contributed by atoms with Crippen LogP contribution in [0.4, 0.5) is 26.0 Å². The zero-order valence-corrected chi connectivity index (χ0v) is 11.4. The third-order valence-corrected chi connectivity index (χ3v) is 2.86. The van der Waals surface area contributed by atoms with E-state index < -0.39 is 17.3 Å². The maximum Gasteiger partial charge on any atom is 0.274 e. The summed E-state index contributed by atoms with van der Waals surface area (Å²) in [6.07, 6.45) is -1.51. The van der Waals surface area contributed by atoms with E-state index in [-0.39, 0.29) is 22.8 Å². The van der Waals surface area contributed by atoms with Gasteiger partial charge >= 0.3 is 0 Å². The fourth-order valence-corrected chi connectivity index (χ4v) is 1.92. The summed E-state index contributed by atoms with van der Waals surface area (Å²) >= 11 is 0. The molecule has 2 rings (SSSR count). The minimum atomic E-state index is -2.69. The molecule has 0 radical (unpaired) electrons. The van der Waals surface area contributed by atoms with E-state index in [9.17, 15) is 23.7 Å². The van der Waals surface area contributed by atoms with Gasteiger partial charge in [-0.1, -0.05) is 12.1 Å². The molecule has 0 spiro atoms. The molecular weight excluding hydrogens is 296 g/mol. The number of hydrogen-bond acceptors (Lipinski definition) is 4. The lowest BCUT2D eigenvalue weighted by Gasteiger charge is -2.20. The number of halogens is 2. The van der Waals surface area contributed by atoms with E-state index in [0.717, 1.165) is 17.0 Å². The van der Waals surface area contributed by atoms with E-state index in [0.29, 0.717) is 0 Å². The summed E-state index contributed by atoms with van der Waals surface area (Å²) in [5.74, 6) is -0.507. The van der Waals surface area contributed by atoms with Crippen LogP contribution in [0.15, 0.2) is 42.6 Å². The van der Waals surface area contributed by atoms with Crippen LogP contribution in [0, 0.1) is 10.1 Å². The molecule has 6 nitrogen and oxygen atoms in total. The van der Waals surface area contributed by atoms with Crippen molar-refractivity contribution in [3.8, 4) is 0 Å². The highest BCUT2D eigenvalue weighted by Gasteiger charge is 2.19. The van der Waals surface area contributed by atoms with Crippen LogP contribution in [0.2, 0.25) is 0 Å². The lowest BCUT2D eigenvalue weighted by Crippen LogP contribution is -2.23. The van der Waals surface area contributed by atoms with Gasteiger partial charge < -0.3 is 0 Å². The molecule has 8 heteroatoms. The lowest BCUT2D eigenvalue weighted by molar-refractivity contribution is -0.384. The first kappa shape index (κ1) is 15.5. The van der Waals surface area contributed by atoms with Crippen molar-refractivity contribution in [2.75, 3.05) is 4.90 Å². The number of anilines is 2. The quantitative estimate of drug-likeness (QED) is 0.638. The molecule has 0 atom stereocenters. The van der Waals surface area contributed by atoms with E-state index in [1.807, 2.05) is 0 Å². The Bertz CT molecular complexity index is 722. The number of amides is 1. The second kappa shape index (κ2) is 6.25. The molecule has 1 amide bonds. The zero-order chi connectivity index (χ0) is 16.3. The maximum absolute atomic E-state index is 12.8. The van der Waals surface area contributed by atoms with Gasteiger partial charge in [0.05, 0.1) is 16.7 Å². The monoisotopic (exact) mass is 307 g/mol. The predicted octanol–water partition coefficient (Wildman–Crippen LogP) is 3.61. The second-order valence-corrected chi connectivity index (χ2v) is 4.38. The van der Waals surface area contributed by atoms with Gasteiger partial charge in [-0.05, 0) is 12.1 Å². The minimum Gasteiger partial charge on any atom is -0.274 e. The van der Waals surface area contributed by atoms with E-state index in [1.54, 1.807) is 0 Å². The molecule has 0 saturated carbocycles. The number of aromatic nitrogens is 1. The molecule has 0 N–H and O–H groups in total. The van der Waals surface area contributed by atoms with Crippen LogP contribution in [0.3, 0.4) is 0 Å². The lowest BCUT2D eigenvalue weighted by atomic mass is 10.2. The molecule has 22 heavy (non-hydrogen) atoms. The average molecular weight is 307 g/mol. The number of alkyl halides is 2. The van der Waals surface area contributed by atoms with Gasteiger partial charge in [-0.2, -0.15) is 0 Å². The molecule has 1 aromatic heterocycles. The topological polar surface area (TPSA) is 76.3 Å². The van der Waals surface area contributed by atoms with Crippen LogP contribution in [-0.4, -0.2) is 15.8 Å². The van der Waals surface area contributed by atoms with E-state index in [4.69, 9.17) is 0 Å². The smallest absolute Gasteiger partial charge is 0.274 e. The molecule has 0 aliphatic rings. The fraction of sp³-hybridized carbons (Fsp3) is 0.143.